The number of para-hydroxylation sites is 1. The van der Waals surface area contributed by atoms with Crippen molar-refractivity contribution in [3.05, 3.63) is 52.8 Å². The summed E-state index contributed by atoms with van der Waals surface area (Å²) in [7, 11) is 1.94. The van der Waals surface area contributed by atoms with Crippen molar-refractivity contribution in [3.63, 3.8) is 0 Å². The second-order valence-corrected chi connectivity index (χ2v) is 12.0. The smallest absolute Gasteiger partial charge is 0.328 e. The van der Waals surface area contributed by atoms with Crippen molar-refractivity contribution in [1.82, 2.24) is 19.7 Å². The molecule has 1 fully saturated rings. The Morgan fingerprint density at radius 1 is 1.15 bits per heavy atom. The van der Waals surface area contributed by atoms with Crippen molar-refractivity contribution in [2.45, 2.75) is 84.0 Å². The fourth-order valence-electron chi connectivity index (χ4n) is 5.72. The number of hydrogen-bond acceptors (Lipinski definition) is 7. The minimum Gasteiger partial charge on any atom is -0.459 e. The number of unbranched alkanes of at least 4 members (excludes halogenated alkanes) is 2. The summed E-state index contributed by atoms with van der Waals surface area (Å²) < 4.78 is 13.9. The maximum atomic E-state index is 13.4. The number of rotatable bonds is 10. The van der Waals surface area contributed by atoms with Gasteiger partial charge in [-0.2, -0.15) is 5.10 Å². The molecule has 0 saturated carbocycles. The van der Waals surface area contributed by atoms with E-state index in [4.69, 9.17) is 14.5 Å². The maximum Gasteiger partial charge on any atom is 0.328 e. The predicted octanol–water partition coefficient (Wildman–Crippen LogP) is 5.13. The first-order valence-corrected chi connectivity index (χ1v) is 14.4. The van der Waals surface area contributed by atoms with E-state index >= 15 is 0 Å². The molecule has 2 aromatic heterocycles. The number of aromatic nitrogens is 3. The first-order valence-electron chi connectivity index (χ1n) is 14.4. The number of carbonyl (C=O) groups is 1. The third-order valence-electron chi connectivity index (χ3n) is 7.63. The average Bonchev–Trinajstić information content (AvgIpc) is 3.16. The lowest BCUT2D eigenvalue weighted by Crippen LogP contribution is -2.55. The number of ether oxygens (including phenoxy) is 2. The van der Waals surface area contributed by atoms with Crippen LogP contribution in [0, 0.1) is 6.92 Å². The van der Waals surface area contributed by atoms with Crippen molar-refractivity contribution in [3.8, 4) is 0 Å². The molecule has 4 heterocycles. The molecule has 1 N–H and O–H groups in total. The van der Waals surface area contributed by atoms with Crippen LogP contribution in [0.25, 0.3) is 10.9 Å². The van der Waals surface area contributed by atoms with Gasteiger partial charge in [0.25, 0.3) is 0 Å². The molecule has 0 radical (unpaired) electrons. The van der Waals surface area contributed by atoms with Gasteiger partial charge >= 0.3 is 5.97 Å². The highest BCUT2D eigenvalue weighted by Crippen LogP contribution is 2.35. The van der Waals surface area contributed by atoms with Crippen molar-refractivity contribution in [2.24, 2.45) is 7.05 Å². The van der Waals surface area contributed by atoms with Gasteiger partial charge in [0.1, 0.15) is 17.5 Å². The van der Waals surface area contributed by atoms with Gasteiger partial charge in [0.2, 0.25) is 0 Å². The van der Waals surface area contributed by atoms with Gasteiger partial charge in [-0.05, 0) is 71.4 Å². The highest BCUT2D eigenvalue weighted by Gasteiger charge is 2.41. The van der Waals surface area contributed by atoms with E-state index in [-0.39, 0.29) is 12.1 Å². The number of aryl methyl sites for hydroxylation is 4. The van der Waals surface area contributed by atoms with E-state index in [9.17, 15) is 4.79 Å². The number of fused-ring (bicyclic) bond motifs is 2. The number of pyridine rings is 1. The lowest BCUT2D eigenvalue weighted by atomic mass is 9.97. The van der Waals surface area contributed by atoms with Crippen molar-refractivity contribution >= 4 is 22.7 Å². The normalized spacial score (nSPS) is 16.9. The molecule has 5 rings (SSSR count). The fourth-order valence-corrected chi connectivity index (χ4v) is 5.72. The molecule has 8 nitrogen and oxygen atoms in total. The molecule has 0 aliphatic carbocycles. The Morgan fingerprint density at radius 3 is 2.77 bits per heavy atom. The number of anilines is 1. The Hall–Kier alpha value is -2.97. The summed E-state index contributed by atoms with van der Waals surface area (Å²) in [6.45, 7) is 10.9. The van der Waals surface area contributed by atoms with Gasteiger partial charge < -0.3 is 14.8 Å². The van der Waals surface area contributed by atoms with Crippen LogP contribution in [0.4, 0.5) is 5.82 Å². The lowest BCUT2D eigenvalue weighted by Gasteiger charge is -2.43. The summed E-state index contributed by atoms with van der Waals surface area (Å²) in [5, 5.41) is 9.09. The largest absolute Gasteiger partial charge is 0.459 e. The van der Waals surface area contributed by atoms with Crippen molar-refractivity contribution in [2.75, 3.05) is 31.6 Å². The third kappa shape index (κ3) is 6.44. The Labute approximate surface area is 232 Å². The Bertz CT molecular complexity index is 1310. The number of likely N-dealkylation sites (tertiary alicyclic amines) is 1. The minimum absolute atomic E-state index is 0.135. The molecule has 0 amide bonds. The molecule has 0 bridgehead atoms. The summed E-state index contributed by atoms with van der Waals surface area (Å²) in [5.74, 6) is 0.856. The summed E-state index contributed by atoms with van der Waals surface area (Å²) in [6, 6.07) is 10.0. The number of nitrogens with zero attached hydrogens (tertiary/aromatic N) is 4. The minimum atomic E-state index is -0.558. The second-order valence-electron chi connectivity index (χ2n) is 12.0. The van der Waals surface area contributed by atoms with Gasteiger partial charge in [0.15, 0.2) is 0 Å². The summed E-state index contributed by atoms with van der Waals surface area (Å²) in [5.41, 5.74) is 4.84. The van der Waals surface area contributed by atoms with E-state index in [0.29, 0.717) is 13.1 Å². The predicted molar refractivity (Wildman–Crippen MR) is 154 cm³/mol. The van der Waals surface area contributed by atoms with Crippen LogP contribution in [-0.4, -0.2) is 63.6 Å². The van der Waals surface area contributed by atoms with Gasteiger partial charge in [-0.15, -0.1) is 0 Å². The molecule has 210 valence electrons. The first-order chi connectivity index (χ1) is 18.7. The molecule has 1 unspecified atom stereocenters. The Balaban J connectivity index is 1.12. The van der Waals surface area contributed by atoms with E-state index in [0.717, 1.165) is 73.2 Å². The van der Waals surface area contributed by atoms with Crippen molar-refractivity contribution in [1.29, 1.82) is 0 Å². The molecular weight excluding hydrogens is 490 g/mol. The molecule has 1 aromatic carbocycles. The number of benzene rings is 1. The molecule has 39 heavy (non-hydrogen) atoms. The van der Waals surface area contributed by atoms with Crippen LogP contribution in [0.15, 0.2) is 30.3 Å². The summed E-state index contributed by atoms with van der Waals surface area (Å²) in [4.78, 5) is 20.4. The SMILES string of the molecule is Cc1nn(C)c2c(C(C(=O)OC(C)(C)C)N3CC(OCCCCCc4ccc5c(n4)NCCC5)C3)cccc12. The maximum absolute atomic E-state index is 13.4. The zero-order valence-electron chi connectivity index (χ0n) is 24.1. The molecule has 0 spiro atoms. The topological polar surface area (TPSA) is 81.5 Å². The van der Waals surface area contributed by atoms with Crippen LogP contribution < -0.4 is 5.32 Å². The molecule has 2 aliphatic heterocycles. The molecule has 2 aliphatic rings. The average molecular weight is 534 g/mol. The van der Waals surface area contributed by atoms with Gasteiger partial charge in [-0.1, -0.05) is 30.7 Å². The number of nitrogens with one attached hydrogen (secondary N) is 1. The molecule has 8 heteroatoms. The van der Waals surface area contributed by atoms with Crippen LogP contribution in [-0.2, 0) is 34.2 Å². The third-order valence-corrected chi connectivity index (χ3v) is 7.63. The summed E-state index contributed by atoms with van der Waals surface area (Å²) in [6.07, 6.45) is 6.71. The van der Waals surface area contributed by atoms with Crippen molar-refractivity contribution < 1.29 is 14.3 Å². The fraction of sp³-hybridized carbons (Fsp3) is 0.581. The Morgan fingerprint density at radius 2 is 1.97 bits per heavy atom. The first kappa shape index (κ1) is 27.6. The zero-order chi connectivity index (χ0) is 27.6. The van der Waals surface area contributed by atoms with Crippen LogP contribution in [0.5, 0.6) is 0 Å². The summed E-state index contributed by atoms with van der Waals surface area (Å²) >= 11 is 0. The molecular formula is C31H43N5O3. The number of hydrogen-bond donors (Lipinski definition) is 1. The van der Waals surface area contributed by atoms with Crippen LogP contribution >= 0.6 is 0 Å². The molecule has 1 saturated heterocycles. The van der Waals surface area contributed by atoms with Gasteiger partial charge in [-0.3, -0.25) is 9.58 Å². The number of esters is 1. The standard InChI is InChI=1S/C31H43N5O3/c1-21-25-13-9-14-26(27(25)35(5)34-21)28(30(37)39-31(2,3)4)36-19-24(20-36)38-18-8-6-7-12-23-16-15-22-11-10-17-32-29(22)33-23/h9,13-16,24,28H,6-8,10-12,17-20H2,1-5H3,(H,32,33). The van der Waals surface area contributed by atoms with E-state index in [1.807, 2.05) is 51.6 Å². The molecule has 3 aromatic rings. The number of carbonyl (C=O) groups excluding carboxylic acids is 1. The quantitative estimate of drug-likeness (QED) is 0.286. The van der Waals surface area contributed by atoms with E-state index in [2.05, 4.69) is 33.5 Å². The van der Waals surface area contributed by atoms with E-state index in [1.165, 1.54) is 17.7 Å². The zero-order valence-corrected chi connectivity index (χ0v) is 24.1. The van der Waals surface area contributed by atoms with Gasteiger partial charge in [0.05, 0.1) is 17.3 Å². The van der Waals surface area contributed by atoms with Crippen LogP contribution in [0.3, 0.4) is 0 Å². The van der Waals surface area contributed by atoms with E-state index < -0.39 is 11.6 Å². The van der Waals surface area contributed by atoms with Crippen LogP contribution in [0.1, 0.15) is 75.0 Å². The highest BCUT2D eigenvalue weighted by molar-refractivity contribution is 5.90. The second kappa shape index (κ2) is 11.6. The molecule has 1 atom stereocenters. The van der Waals surface area contributed by atoms with Crippen LogP contribution in [0.2, 0.25) is 0 Å². The van der Waals surface area contributed by atoms with Gasteiger partial charge in [0, 0.05) is 49.9 Å². The lowest BCUT2D eigenvalue weighted by molar-refractivity contribution is -0.168. The van der Waals surface area contributed by atoms with E-state index in [1.54, 1.807) is 0 Å². The Kier molecular flexibility index (Phi) is 8.24. The highest BCUT2D eigenvalue weighted by atomic mass is 16.6. The monoisotopic (exact) mass is 533 g/mol. The van der Waals surface area contributed by atoms with Gasteiger partial charge in [-0.25, -0.2) is 9.78 Å².